The van der Waals surface area contributed by atoms with Crippen LogP contribution in [0.5, 0.6) is 11.8 Å². The molecule has 2 heterocycles. The van der Waals surface area contributed by atoms with Gasteiger partial charge in [0.25, 0.3) is 0 Å². The van der Waals surface area contributed by atoms with Crippen LogP contribution in [0.3, 0.4) is 0 Å². The third-order valence-corrected chi connectivity index (χ3v) is 2.78. The third kappa shape index (κ3) is 3.00. The van der Waals surface area contributed by atoms with Crippen molar-refractivity contribution >= 4 is 0 Å². The zero-order chi connectivity index (χ0) is 13.7. The largest absolute Gasteiger partial charge is 0.481 e. The maximum absolute atomic E-state index is 5.21. The summed E-state index contributed by atoms with van der Waals surface area (Å²) in [4.78, 5) is 8.14. The summed E-state index contributed by atoms with van der Waals surface area (Å²) in [7, 11) is 5.06. The predicted molar refractivity (Wildman–Crippen MR) is 68.9 cm³/mol. The minimum absolute atomic E-state index is 0.518. The van der Waals surface area contributed by atoms with Crippen molar-refractivity contribution in [1.82, 2.24) is 25.1 Å². The fourth-order valence-electron chi connectivity index (χ4n) is 1.77. The maximum Gasteiger partial charge on any atom is 0.224 e. The molecule has 0 aliphatic rings. The Kier molecular flexibility index (Phi) is 4.30. The van der Waals surface area contributed by atoms with E-state index in [4.69, 9.17) is 9.47 Å². The van der Waals surface area contributed by atoms with Gasteiger partial charge in [0.2, 0.25) is 11.8 Å². The first-order valence-corrected chi connectivity index (χ1v) is 5.85. The van der Waals surface area contributed by atoms with Crippen LogP contribution < -0.4 is 14.8 Å². The average Bonchev–Trinajstić information content (AvgIpc) is 2.84. The summed E-state index contributed by atoms with van der Waals surface area (Å²) < 4.78 is 12.2. The van der Waals surface area contributed by atoms with Crippen LogP contribution in [0.4, 0.5) is 0 Å². The number of aromatic nitrogens is 4. The summed E-state index contributed by atoms with van der Waals surface area (Å²) in [6.45, 7) is 1.25. The van der Waals surface area contributed by atoms with Crippen LogP contribution in [-0.2, 0) is 20.1 Å². The lowest BCUT2D eigenvalue weighted by molar-refractivity contribution is 0.359. The van der Waals surface area contributed by atoms with E-state index in [0.29, 0.717) is 24.8 Å². The number of hydrogen-bond acceptors (Lipinski definition) is 6. The van der Waals surface area contributed by atoms with Crippen LogP contribution in [0.25, 0.3) is 0 Å². The lowest BCUT2D eigenvalue weighted by atomic mass is 10.3. The molecule has 0 amide bonds. The van der Waals surface area contributed by atoms with E-state index in [-0.39, 0.29) is 0 Å². The first-order chi connectivity index (χ1) is 9.26. The van der Waals surface area contributed by atoms with Gasteiger partial charge >= 0.3 is 0 Å². The van der Waals surface area contributed by atoms with Gasteiger partial charge in [-0.1, -0.05) is 0 Å². The van der Waals surface area contributed by atoms with Gasteiger partial charge in [-0.15, -0.1) is 0 Å². The van der Waals surface area contributed by atoms with Crippen molar-refractivity contribution in [3.63, 3.8) is 0 Å². The van der Waals surface area contributed by atoms with E-state index in [1.807, 2.05) is 17.8 Å². The fourth-order valence-corrected chi connectivity index (χ4v) is 1.77. The highest BCUT2D eigenvalue weighted by Crippen LogP contribution is 2.22. The van der Waals surface area contributed by atoms with E-state index in [9.17, 15) is 0 Å². The highest BCUT2D eigenvalue weighted by molar-refractivity contribution is 5.34. The van der Waals surface area contributed by atoms with Gasteiger partial charge in [-0.25, -0.2) is 9.97 Å². The van der Waals surface area contributed by atoms with Crippen LogP contribution in [0.15, 0.2) is 18.6 Å². The summed E-state index contributed by atoms with van der Waals surface area (Å²) in [6, 6.07) is 1.96. The van der Waals surface area contributed by atoms with Gasteiger partial charge in [0, 0.05) is 26.3 Å². The molecule has 19 heavy (non-hydrogen) atoms. The summed E-state index contributed by atoms with van der Waals surface area (Å²) in [5.74, 6) is 1.04. The summed E-state index contributed by atoms with van der Waals surface area (Å²) in [6.07, 6.45) is 3.19. The van der Waals surface area contributed by atoms with Crippen molar-refractivity contribution in [1.29, 1.82) is 0 Å². The summed E-state index contributed by atoms with van der Waals surface area (Å²) in [5.41, 5.74) is 1.89. The number of hydrogen-bond donors (Lipinski definition) is 1. The van der Waals surface area contributed by atoms with Crippen molar-refractivity contribution in [3.05, 3.63) is 29.8 Å². The van der Waals surface area contributed by atoms with Crippen LogP contribution in [0.1, 0.15) is 11.3 Å². The second-order valence-corrected chi connectivity index (χ2v) is 3.92. The van der Waals surface area contributed by atoms with Gasteiger partial charge in [-0.3, -0.25) is 4.68 Å². The van der Waals surface area contributed by atoms with E-state index in [1.165, 1.54) is 6.33 Å². The number of nitrogens with one attached hydrogen (secondary N) is 1. The molecule has 0 bridgehead atoms. The fraction of sp³-hybridized carbons (Fsp3) is 0.417. The SMILES string of the molecule is COc1ncnc(OC)c1CNCc1ccnn1C. The minimum atomic E-state index is 0.518. The van der Waals surface area contributed by atoms with E-state index in [1.54, 1.807) is 20.4 Å². The zero-order valence-electron chi connectivity index (χ0n) is 11.3. The highest BCUT2D eigenvalue weighted by Gasteiger charge is 2.12. The molecule has 2 aromatic rings. The Balaban J connectivity index is 2.04. The summed E-state index contributed by atoms with van der Waals surface area (Å²) >= 11 is 0. The van der Waals surface area contributed by atoms with Gasteiger partial charge in [0.15, 0.2) is 0 Å². The quantitative estimate of drug-likeness (QED) is 0.819. The van der Waals surface area contributed by atoms with Crippen molar-refractivity contribution in [3.8, 4) is 11.8 Å². The van der Waals surface area contributed by atoms with E-state index in [2.05, 4.69) is 20.4 Å². The van der Waals surface area contributed by atoms with Crippen molar-refractivity contribution < 1.29 is 9.47 Å². The molecule has 2 aromatic heterocycles. The molecule has 7 nitrogen and oxygen atoms in total. The smallest absolute Gasteiger partial charge is 0.224 e. The Morgan fingerprint density at radius 1 is 1.16 bits per heavy atom. The predicted octanol–water partition coefficient (Wildman–Crippen LogP) is 0.517. The molecule has 102 valence electrons. The molecule has 0 aliphatic heterocycles. The van der Waals surface area contributed by atoms with Crippen molar-refractivity contribution in [2.45, 2.75) is 13.1 Å². The van der Waals surface area contributed by atoms with Crippen molar-refractivity contribution in [2.75, 3.05) is 14.2 Å². The van der Waals surface area contributed by atoms with Crippen LogP contribution >= 0.6 is 0 Å². The Bertz CT molecular complexity index is 518. The summed E-state index contributed by atoms with van der Waals surface area (Å²) in [5, 5.41) is 7.41. The van der Waals surface area contributed by atoms with E-state index in [0.717, 1.165) is 11.3 Å². The van der Waals surface area contributed by atoms with Crippen LogP contribution in [-0.4, -0.2) is 34.0 Å². The van der Waals surface area contributed by atoms with Gasteiger partial charge in [0.1, 0.15) is 6.33 Å². The van der Waals surface area contributed by atoms with Gasteiger partial charge < -0.3 is 14.8 Å². The lowest BCUT2D eigenvalue weighted by Gasteiger charge is -2.11. The molecule has 1 N–H and O–H groups in total. The minimum Gasteiger partial charge on any atom is -0.481 e. The molecule has 0 atom stereocenters. The Hall–Kier alpha value is -2.15. The molecule has 0 aliphatic carbocycles. The van der Waals surface area contributed by atoms with Gasteiger partial charge in [-0.05, 0) is 6.07 Å². The molecular weight excluding hydrogens is 246 g/mol. The van der Waals surface area contributed by atoms with Gasteiger partial charge in [0.05, 0.1) is 25.5 Å². The second kappa shape index (κ2) is 6.14. The Morgan fingerprint density at radius 3 is 2.37 bits per heavy atom. The molecule has 0 saturated heterocycles. The number of aryl methyl sites for hydroxylation is 1. The molecule has 0 spiro atoms. The molecule has 0 unspecified atom stereocenters. The maximum atomic E-state index is 5.21. The van der Waals surface area contributed by atoms with Crippen LogP contribution in [0.2, 0.25) is 0 Å². The third-order valence-electron chi connectivity index (χ3n) is 2.78. The molecule has 2 rings (SSSR count). The normalized spacial score (nSPS) is 10.5. The standard InChI is InChI=1S/C12H17N5O2/c1-17-9(4-5-16-17)6-13-7-10-11(18-2)14-8-15-12(10)19-3/h4-5,8,13H,6-7H2,1-3H3. The Morgan fingerprint density at radius 2 is 1.84 bits per heavy atom. The lowest BCUT2D eigenvalue weighted by Crippen LogP contribution is -2.17. The van der Waals surface area contributed by atoms with E-state index < -0.39 is 0 Å². The molecule has 0 fully saturated rings. The number of nitrogens with zero attached hydrogens (tertiary/aromatic N) is 4. The topological polar surface area (TPSA) is 74.1 Å². The highest BCUT2D eigenvalue weighted by atomic mass is 16.5. The Labute approximate surface area is 111 Å². The van der Waals surface area contributed by atoms with Crippen LogP contribution in [0, 0.1) is 0 Å². The number of ether oxygens (including phenoxy) is 2. The first-order valence-electron chi connectivity index (χ1n) is 5.85. The number of rotatable bonds is 6. The molecule has 7 heteroatoms. The zero-order valence-corrected chi connectivity index (χ0v) is 11.3. The second-order valence-electron chi connectivity index (χ2n) is 3.92. The molecule has 0 radical (unpaired) electrons. The number of methoxy groups -OCH3 is 2. The monoisotopic (exact) mass is 263 g/mol. The first kappa shape index (κ1) is 13.3. The average molecular weight is 263 g/mol. The van der Waals surface area contributed by atoms with Crippen molar-refractivity contribution in [2.24, 2.45) is 7.05 Å². The van der Waals surface area contributed by atoms with E-state index >= 15 is 0 Å². The molecular formula is C12H17N5O2. The molecule has 0 aromatic carbocycles. The van der Waals surface area contributed by atoms with Gasteiger partial charge in [-0.2, -0.15) is 5.10 Å². The molecule has 0 saturated carbocycles.